The SMILES string of the molecule is C=CC(=O)NCCC(=O)N1CC(C(=O)OC)C2(CCC2)C1. The van der Waals surface area contributed by atoms with Gasteiger partial charge in [0.15, 0.2) is 0 Å². The van der Waals surface area contributed by atoms with Gasteiger partial charge in [0.1, 0.15) is 0 Å². The van der Waals surface area contributed by atoms with Crippen LogP contribution in [0.3, 0.4) is 0 Å². The number of carbonyl (C=O) groups is 3. The molecule has 2 amide bonds. The van der Waals surface area contributed by atoms with Crippen LogP contribution < -0.4 is 5.32 Å². The number of rotatable bonds is 5. The molecule has 6 nitrogen and oxygen atoms in total. The predicted molar refractivity (Wildman–Crippen MR) is 76.2 cm³/mol. The number of nitrogens with one attached hydrogen (secondary N) is 1. The summed E-state index contributed by atoms with van der Waals surface area (Å²) in [5.41, 5.74) is -0.0763. The lowest BCUT2D eigenvalue weighted by Gasteiger charge is -2.41. The van der Waals surface area contributed by atoms with Gasteiger partial charge < -0.3 is 15.0 Å². The van der Waals surface area contributed by atoms with Crippen LogP contribution in [0.1, 0.15) is 25.7 Å². The molecule has 1 saturated carbocycles. The van der Waals surface area contributed by atoms with Gasteiger partial charge in [-0.05, 0) is 18.9 Å². The Morgan fingerprint density at radius 2 is 2.14 bits per heavy atom. The first-order valence-corrected chi connectivity index (χ1v) is 7.28. The van der Waals surface area contributed by atoms with Crippen molar-refractivity contribution >= 4 is 17.8 Å². The van der Waals surface area contributed by atoms with Crippen molar-refractivity contribution < 1.29 is 19.1 Å². The number of methoxy groups -OCH3 is 1. The molecule has 1 atom stereocenters. The second-order valence-electron chi connectivity index (χ2n) is 5.81. The zero-order chi connectivity index (χ0) is 15.5. The fourth-order valence-electron chi connectivity index (χ4n) is 3.29. The molecule has 21 heavy (non-hydrogen) atoms. The molecule has 1 aliphatic carbocycles. The molecule has 1 aliphatic heterocycles. The van der Waals surface area contributed by atoms with Crippen molar-refractivity contribution in [1.29, 1.82) is 0 Å². The number of likely N-dealkylation sites (tertiary alicyclic amines) is 1. The van der Waals surface area contributed by atoms with Crippen LogP contribution in [-0.4, -0.2) is 49.4 Å². The monoisotopic (exact) mass is 294 g/mol. The molecule has 0 radical (unpaired) electrons. The lowest BCUT2D eigenvalue weighted by Crippen LogP contribution is -2.41. The van der Waals surface area contributed by atoms with Gasteiger partial charge in [0, 0.05) is 31.5 Å². The minimum Gasteiger partial charge on any atom is -0.469 e. The number of hydrogen-bond acceptors (Lipinski definition) is 4. The molecule has 6 heteroatoms. The van der Waals surface area contributed by atoms with Crippen LogP contribution in [0.4, 0.5) is 0 Å². The minimum absolute atomic E-state index is 0.0305. The highest BCUT2D eigenvalue weighted by Crippen LogP contribution is 2.52. The zero-order valence-corrected chi connectivity index (χ0v) is 12.4. The van der Waals surface area contributed by atoms with Gasteiger partial charge in [-0.3, -0.25) is 14.4 Å². The minimum atomic E-state index is -0.285. The van der Waals surface area contributed by atoms with Crippen molar-refractivity contribution in [2.45, 2.75) is 25.7 Å². The quantitative estimate of drug-likeness (QED) is 0.591. The molecule has 1 spiro atoms. The number of carbonyl (C=O) groups excluding carboxylic acids is 3. The summed E-state index contributed by atoms with van der Waals surface area (Å²) < 4.78 is 4.88. The molecule has 116 valence electrons. The average Bonchev–Trinajstić information content (AvgIpc) is 2.87. The first-order valence-electron chi connectivity index (χ1n) is 7.28. The van der Waals surface area contributed by atoms with E-state index in [9.17, 15) is 14.4 Å². The molecule has 2 rings (SSSR count). The maximum absolute atomic E-state index is 12.2. The summed E-state index contributed by atoms with van der Waals surface area (Å²) in [6.07, 6.45) is 4.47. The van der Waals surface area contributed by atoms with Crippen LogP contribution in [0.15, 0.2) is 12.7 Å². The van der Waals surface area contributed by atoms with Crippen molar-refractivity contribution in [2.24, 2.45) is 11.3 Å². The Kier molecular flexibility index (Phi) is 4.65. The molecule has 1 heterocycles. The number of amides is 2. The predicted octanol–water partition coefficient (Wildman–Crippen LogP) is 0.480. The Bertz CT molecular complexity index is 457. The Morgan fingerprint density at radius 3 is 2.67 bits per heavy atom. The van der Waals surface area contributed by atoms with Crippen LogP contribution in [0.2, 0.25) is 0 Å². The van der Waals surface area contributed by atoms with E-state index in [0.717, 1.165) is 19.3 Å². The largest absolute Gasteiger partial charge is 0.469 e. The fraction of sp³-hybridized carbons (Fsp3) is 0.667. The molecule has 1 N–H and O–H groups in total. The number of ether oxygens (including phenoxy) is 1. The van der Waals surface area contributed by atoms with Gasteiger partial charge in [0.2, 0.25) is 11.8 Å². The number of esters is 1. The maximum atomic E-state index is 12.2. The van der Waals surface area contributed by atoms with E-state index >= 15 is 0 Å². The van der Waals surface area contributed by atoms with Gasteiger partial charge >= 0.3 is 5.97 Å². The molecule has 2 aliphatic rings. The molecule has 0 aromatic carbocycles. The van der Waals surface area contributed by atoms with E-state index in [1.807, 2.05) is 0 Å². The van der Waals surface area contributed by atoms with Crippen LogP contribution in [0.5, 0.6) is 0 Å². The van der Waals surface area contributed by atoms with E-state index in [1.165, 1.54) is 13.2 Å². The van der Waals surface area contributed by atoms with Gasteiger partial charge in [-0.15, -0.1) is 0 Å². The van der Waals surface area contributed by atoms with Gasteiger partial charge in [0.05, 0.1) is 13.0 Å². The van der Waals surface area contributed by atoms with Crippen LogP contribution >= 0.6 is 0 Å². The highest BCUT2D eigenvalue weighted by atomic mass is 16.5. The second kappa shape index (κ2) is 6.28. The molecular weight excluding hydrogens is 272 g/mol. The van der Waals surface area contributed by atoms with Crippen molar-refractivity contribution in [1.82, 2.24) is 10.2 Å². The number of nitrogens with zero attached hydrogens (tertiary/aromatic N) is 1. The van der Waals surface area contributed by atoms with E-state index in [-0.39, 0.29) is 42.1 Å². The third-order valence-electron chi connectivity index (χ3n) is 4.66. The van der Waals surface area contributed by atoms with E-state index in [2.05, 4.69) is 11.9 Å². The van der Waals surface area contributed by atoms with Gasteiger partial charge in [-0.25, -0.2) is 0 Å². The second-order valence-corrected chi connectivity index (χ2v) is 5.81. The van der Waals surface area contributed by atoms with Crippen LogP contribution in [0.25, 0.3) is 0 Å². The van der Waals surface area contributed by atoms with E-state index in [4.69, 9.17) is 4.74 Å². The topological polar surface area (TPSA) is 75.7 Å². The normalized spacial score (nSPS) is 22.5. The van der Waals surface area contributed by atoms with Crippen molar-refractivity contribution in [3.8, 4) is 0 Å². The third-order valence-corrected chi connectivity index (χ3v) is 4.66. The summed E-state index contributed by atoms with van der Waals surface area (Å²) >= 11 is 0. The summed E-state index contributed by atoms with van der Waals surface area (Å²) in [4.78, 5) is 36.9. The third kappa shape index (κ3) is 3.09. The first kappa shape index (κ1) is 15.5. The lowest BCUT2D eigenvalue weighted by molar-refractivity contribution is -0.150. The average molecular weight is 294 g/mol. The van der Waals surface area contributed by atoms with Gasteiger partial charge in [0.25, 0.3) is 0 Å². The summed E-state index contributed by atoms with van der Waals surface area (Å²) in [7, 11) is 1.39. The van der Waals surface area contributed by atoms with Crippen LogP contribution in [0, 0.1) is 11.3 Å². The lowest BCUT2D eigenvalue weighted by atomic mass is 9.63. The Balaban J connectivity index is 1.90. The highest BCUT2D eigenvalue weighted by molar-refractivity contribution is 5.87. The summed E-state index contributed by atoms with van der Waals surface area (Å²) in [5, 5.41) is 2.58. The highest BCUT2D eigenvalue weighted by Gasteiger charge is 2.54. The van der Waals surface area contributed by atoms with Gasteiger partial charge in [-0.2, -0.15) is 0 Å². The Labute approximate surface area is 124 Å². The summed E-state index contributed by atoms with van der Waals surface area (Å²) in [5.74, 6) is -0.739. The summed E-state index contributed by atoms with van der Waals surface area (Å²) in [6, 6.07) is 0. The molecule has 1 unspecified atom stereocenters. The molecule has 0 aromatic rings. The van der Waals surface area contributed by atoms with E-state index < -0.39 is 0 Å². The fourth-order valence-corrected chi connectivity index (χ4v) is 3.29. The maximum Gasteiger partial charge on any atom is 0.311 e. The van der Waals surface area contributed by atoms with E-state index in [1.54, 1.807) is 4.90 Å². The molecule has 0 bridgehead atoms. The van der Waals surface area contributed by atoms with Crippen molar-refractivity contribution in [3.63, 3.8) is 0 Å². The van der Waals surface area contributed by atoms with Crippen molar-refractivity contribution in [2.75, 3.05) is 26.7 Å². The van der Waals surface area contributed by atoms with E-state index in [0.29, 0.717) is 13.1 Å². The molecule has 1 saturated heterocycles. The number of hydrogen-bond donors (Lipinski definition) is 1. The van der Waals surface area contributed by atoms with Gasteiger partial charge in [-0.1, -0.05) is 13.0 Å². The Morgan fingerprint density at radius 1 is 1.43 bits per heavy atom. The first-order chi connectivity index (χ1) is 10.0. The molecule has 2 fully saturated rings. The molecular formula is C15H22N2O4. The molecule has 0 aromatic heterocycles. The Hall–Kier alpha value is -1.85. The van der Waals surface area contributed by atoms with Crippen molar-refractivity contribution in [3.05, 3.63) is 12.7 Å². The van der Waals surface area contributed by atoms with Crippen LogP contribution in [-0.2, 0) is 19.1 Å². The summed E-state index contributed by atoms with van der Waals surface area (Å²) in [6.45, 7) is 4.70. The standard InChI is InChI=1S/C15H22N2O4/c1-3-12(18)16-8-5-13(19)17-9-11(14(20)21-2)15(10-17)6-4-7-15/h3,11H,1,4-10H2,2H3,(H,16,18). The zero-order valence-electron chi connectivity index (χ0n) is 12.4. The smallest absolute Gasteiger partial charge is 0.311 e.